The van der Waals surface area contributed by atoms with Gasteiger partial charge in [-0.15, -0.1) is 24.0 Å². The molecule has 3 N–H and O–H groups in total. The Bertz CT molecular complexity index is 698. The lowest BCUT2D eigenvalue weighted by Crippen LogP contribution is -2.38. The number of aliphatic imine (C=N–C) groups is 1. The molecule has 176 valence electrons. The van der Waals surface area contributed by atoms with Gasteiger partial charge in [0.2, 0.25) is 0 Å². The highest BCUT2D eigenvalue weighted by Crippen LogP contribution is 2.48. The van der Waals surface area contributed by atoms with Crippen molar-refractivity contribution >= 4 is 41.7 Å². The number of hydrogen-bond donors (Lipinski definition) is 3. The number of rotatable bonds is 10. The molecule has 2 rings (SSSR count). The Hall–Kier alpha value is -1.55. The molecular weight excluding hydrogens is 507 g/mol. The number of halogens is 1. The second kappa shape index (κ2) is 13.1. The molecule has 1 fully saturated rings. The topological polar surface area (TPSA) is 84.0 Å². The largest absolute Gasteiger partial charge is 0.444 e. The fourth-order valence-corrected chi connectivity index (χ4v) is 3.07. The molecule has 0 aromatic heterocycles. The summed E-state index contributed by atoms with van der Waals surface area (Å²) in [4.78, 5) is 16.6. The molecule has 0 unspecified atom stereocenters. The van der Waals surface area contributed by atoms with E-state index < -0.39 is 11.7 Å². The molecule has 1 amide bonds. The number of benzene rings is 1. The van der Waals surface area contributed by atoms with Crippen LogP contribution in [0.2, 0.25) is 0 Å². The number of anilines is 1. The summed E-state index contributed by atoms with van der Waals surface area (Å²) in [6, 6.07) is 7.82. The molecule has 1 aliphatic carbocycles. The zero-order valence-electron chi connectivity index (χ0n) is 19.5. The van der Waals surface area contributed by atoms with Crippen molar-refractivity contribution in [1.29, 1.82) is 0 Å². The maximum atomic E-state index is 11.8. The van der Waals surface area contributed by atoms with E-state index in [-0.39, 0.29) is 24.0 Å². The number of amides is 1. The normalized spacial score (nSPS) is 14.9. The minimum atomic E-state index is -0.510. The van der Waals surface area contributed by atoms with E-state index in [2.05, 4.69) is 22.9 Å². The van der Waals surface area contributed by atoms with E-state index in [0.29, 0.717) is 5.41 Å². The van der Waals surface area contributed by atoms with Crippen LogP contribution in [0.3, 0.4) is 0 Å². The van der Waals surface area contributed by atoms with Crippen LogP contribution in [0, 0.1) is 5.41 Å². The summed E-state index contributed by atoms with van der Waals surface area (Å²) in [5, 5.41) is 9.49. The standard InChI is InChI=1S/C23H38N4O3.HI/c1-6-24-20(26-17-23(12-13-23)14-16-29-5)25-15-11-18-7-9-19(10-8-18)27-21(28)30-22(2,3)4;/h7-10H,6,11-17H2,1-5H3,(H,27,28)(H2,24,25,26);1H. The number of carbonyl (C=O) groups is 1. The first kappa shape index (κ1) is 27.5. The van der Waals surface area contributed by atoms with E-state index in [1.54, 1.807) is 7.11 Å². The fourth-order valence-electron chi connectivity index (χ4n) is 3.07. The van der Waals surface area contributed by atoms with E-state index >= 15 is 0 Å². The first-order valence-electron chi connectivity index (χ1n) is 10.9. The van der Waals surface area contributed by atoms with Gasteiger partial charge in [0.15, 0.2) is 5.96 Å². The first-order chi connectivity index (χ1) is 14.3. The minimum Gasteiger partial charge on any atom is -0.444 e. The minimum absolute atomic E-state index is 0. The Balaban J connectivity index is 0.00000480. The molecule has 31 heavy (non-hydrogen) atoms. The monoisotopic (exact) mass is 546 g/mol. The Kier molecular flexibility index (Phi) is 11.6. The van der Waals surface area contributed by atoms with Crippen LogP contribution in [0.5, 0.6) is 0 Å². The summed E-state index contributed by atoms with van der Waals surface area (Å²) in [7, 11) is 1.76. The number of methoxy groups -OCH3 is 1. The van der Waals surface area contributed by atoms with E-state index in [1.807, 2.05) is 45.0 Å². The highest BCUT2D eigenvalue weighted by atomic mass is 127. The van der Waals surface area contributed by atoms with Crippen molar-refractivity contribution < 1.29 is 14.3 Å². The smallest absolute Gasteiger partial charge is 0.412 e. The van der Waals surface area contributed by atoms with E-state index in [0.717, 1.165) is 50.7 Å². The summed E-state index contributed by atoms with van der Waals surface area (Å²) in [6.45, 7) is 10.9. The van der Waals surface area contributed by atoms with Crippen molar-refractivity contribution in [3.63, 3.8) is 0 Å². The molecule has 1 aliphatic rings. The third kappa shape index (κ3) is 11.0. The van der Waals surface area contributed by atoms with Crippen molar-refractivity contribution in [2.45, 2.75) is 59.0 Å². The van der Waals surface area contributed by atoms with E-state index in [4.69, 9.17) is 14.5 Å². The average molecular weight is 546 g/mol. The zero-order chi connectivity index (χ0) is 22.0. The zero-order valence-corrected chi connectivity index (χ0v) is 21.9. The molecule has 1 aromatic rings. The molecule has 0 heterocycles. The molecule has 0 saturated heterocycles. The van der Waals surface area contributed by atoms with Crippen molar-refractivity contribution in [1.82, 2.24) is 10.6 Å². The van der Waals surface area contributed by atoms with Crippen LogP contribution < -0.4 is 16.0 Å². The molecule has 0 radical (unpaired) electrons. The molecule has 0 aliphatic heterocycles. The molecule has 8 heteroatoms. The lowest BCUT2D eigenvalue weighted by molar-refractivity contribution is 0.0636. The summed E-state index contributed by atoms with van der Waals surface area (Å²) in [6.07, 6.45) is 3.98. The number of nitrogens with one attached hydrogen (secondary N) is 3. The van der Waals surface area contributed by atoms with Crippen LogP contribution in [0.15, 0.2) is 29.3 Å². The quantitative estimate of drug-likeness (QED) is 0.228. The van der Waals surface area contributed by atoms with Crippen molar-refractivity contribution in [2.24, 2.45) is 10.4 Å². The van der Waals surface area contributed by atoms with E-state index in [9.17, 15) is 4.79 Å². The number of carbonyl (C=O) groups excluding carboxylic acids is 1. The Morgan fingerprint density at radius 3 is 2.39 bits per heavy atom. The van der Waals surface area contributed by atoms with Crippen LogP contribution in [-0.4, -0.2) is 51.0 Å². The fraction of sp³-hybridized carbons (Fsp3) is 0.652. The van der Waals surface area contributed by atoms with Gasteiger partial charge in [0.1, 0.15) is 5.60 Å². The highest BCUT2D eigenvalue weighted by Gasteiger charge is 2.41. The maximum absolute atomic E-state index is 11.8. The molecular formula is C23H39IN4O3. The van der Waals surface area contributed by atoms with Gasteiger partial charge < -0.3 is 20.1 Å². The predicted molar refractivity (Wildman–Crippen MR) is 138 cm³/mol. The second-order valence-corrected chi connectivity index (χ2v) is 8.94. The van der Waals surface area contributed by atoms with Gasteiger partial charge >= 0.3 is 6.09 Å². The van der Waals surface area contributed by atoms with Gasteiger partial charge in [-0.25, -0.2) is 4.79 Å². The van der Waals surface area contributed by atoms with Gasteiger partial charge in [0, 0.05) is 39.0 Å². The average Bonchev–Trinajstić information content (AvgIpc) is 3.44. The van der Waals surface area contributed by atoms with Crippen LogP contribution in [0.1, 0.15) is 52.5 Å². The number of nitrogens with zero attached hydrogens (tertiary/aromatic N) is 1. The van der Waals surface area contributed by atoms with Crippen LogP contribution in [0.25, 0.3) is 0 Å². The number of guanidine groups is 1. The van der Waals surface area contributed by atoms with Crippen molar-refractivity contribution in [2.75, 3.05) is 38.7 Å². The Labute approximate surface area is 204 Å². The predicted octanol–water partition coefficient (Wildman–Crippen LogP) is 4.57. The Morgan fingerprint density at radius 1 is 1.16 bits per heavy atom. The van der Waals surface area contributed by atoms with Crippen LogP contribution in [-0.2, 0) is 15.9 Å². The molecule has 0 spiro atoms. The van der Waals surface area contributed by atoms with Gasteiger partial charge in [0.05, 0.1) is 0 Å². The van der Waals surface area contributed by atoms with Crippen LogP contribution in [0.4, 0.5) is 10.5 Å². The molecule has 7 nitrogen and oxygen atoms in total. The highest BCUT2D eigenvalue weighted by molar-refractivity contribution is 14.0. The molecule has 1 aromatic carbocycles. The first-order valence-corrected chi connectivity index (χ1v) is 10.9. The Morgan fingerprint density at radius 2 is 1.84 bits per heavy atom. The van der Waals surface area contributed by atoms with Gasteiger partial charge in [-0.2, -0.15) is 0 Å². The summed E-state index contributed by atoms with van der Waals surface area (Å²) < 4.78 is 10.5. The summed E-state index contributed by atoms with van der Waals surface area (Å²) >= 11 is 0. The third-order valence-corrected chi connectivity index (χ3v) is 5.02. The van der Waals surface area contributed by atoms with E-state index in [1.165, 1.54) is 18.4 Å². The van der Waals surface area contributed by atoms with Crippen molar-refractivity contribution in [3.8, 4) is 0 Å². The molecule has 0 bridgehead atoms. The van der Waals surface area contributed by atoms with Crippen LogP contribution >= 0.6 is 24.0 Å². The maximum Gasteiger partial charge on any atom is 0.412 e. The molecule has 0 atom stereocenters. The number of hydrogen-bond acceptors (Lipinski definition) is 4. The summed E-state index contributed by atoms with van der Waals surface area (Å²) in [5.74, 6) is 0.865. The van der Waals surface area contributed by atoms with Gasteiger partial charge in [-0.1, -0.05) is 12.1 Å². The second-order valence-electron chi connectivity index (χ2n) is 8.94. The third-order valence-electron chi connectivity index (χ3n) is 5.02. The van der Waals surface area contributed by atoms with Gasteiger partial charge in [-0.05, 0) is 76.5 Å². The number of ether oxygens (including phenoxy) is 2. The molecule has 1 saturated carbocycles. The lowest BCUT2D eigenvalue weighted by Gasteiger charge is -2.19. The van der Waals surface area contributed by atoms with Gasteiger partial charge in [0.25, 0.3) is 0 Å². The lowest BCUT2D eigenvalue weighted by atomic mass is 10.0. The van der Waals surface area contributed by atoms with Crippen molar-refractivity contribution in [3.05, 3.63) is 29.8 Å². The van der Waals surface area contributed by atoms with Gasteiger partial charge in [-0.3, -0.25) is 10.3 Å². The SMILES string of the molecule is CCNC(=NCC1(CCOC)CC1)NCCc1ccc(NC(=O)OC(C)(C)C)cc1.I. The summed E-state index contributed by atoms with van der Waals surface area (Å²) in [5.41, 5.74) is 1.74.